The minimum Gasteiger partial charge on any atom is -0.394 e. The fourth-order valence-corrected chi connectivity index (χ4v) is 1.12. The van der Waals surface area contributed by atoms with E-state index in [-0.39, 0.29) is 20.3 Å². The van der Waals surface area contributed by atoms with Gasteiger partial charge in [0.25, 0.3) is 0 Å². The van der Waals surface area contributed by atoms with Gasteiger partial charge in [0.15, 0.2) is 0 Å². The van der Waals surface area contributed by atoms with Gasteiger partial charge in [-0.2, -0.15) is 74.6 Å². The van der Waals surface area contributed by atoms with Crippen molar-refractivity contribution in [1.82, 2.24) is 0 Å². The van der Waals surface area contributed by atoms with Crippen LogP contribution in [0.4, 0.5) is 79.0 Å². The van der Waals surface area contributed by atoms with Crippen LogP contribution in [0.25, 0.3) is 0 Å². The number of rotatable bonds is 5. The van der Waals surface area contributed by atoms with Gasteiger partial charge in [0.05, 0.1) is 0 Å². The van der Waals surface area contributed by atoms with E-state index < -0.39 is 48.3 Å². The van der Waals surface area contributed by atoms with E-state index in [2.05, 4.69) is 9.47 Å². The van der Waals surface area contributed by atoms with Crippen LogP contribution in [-0.2, 0) is 9.47 Å². The maximum Gasteiger partial charge on any atom is 0.460 e. The summed E-state index contributed by atoms with van der Waals surface area (Å²) in [4.78, 5) is 0. The largest absolute Gasteiger partial charge is 0.460 e. The molecule has 0 heterocycles. The van der Waals surface area contributed by atoms with Crippen LogP contribution in [0.15, 0.2) is 0 Å². The molecular weight excluding hydrogens is 546 g/mol. The topological polar surface area (TPSA) is 38.7 Å². The average molecular weight is 560 g/mol. The Kier molecular flexibility index (Phi) is 12.2. The van der Waals surface area contributed by atoms with Crippen LogP contribution in [0.1, 0.15) is 13.8 Å². The Bertz CT molecular complexity index is 587. The predicted octanol–water partition coefficient (Wildman–Crippen LogP) is 6.50. The van der Waals surface area contributed by atoms with Crippen molar-refractivity contribution < 1.29 is 93.6 Å². The number of methoxy groups -OCH3 is 2. The van der Waals surface area contributed by atoms with Crippen molar-refractivity contribution in [3.05, 3.63) is 0 Å². The molecule has 0 radical (unpaired) electrons. The molecule has 0 saturated heterocycles. The first-order valence-electron chi connectivity index (χ1n) is 7.54. The van der Waals surface area contributed by atoms with E-state index in [0.717, 1.165) is 0 Å². The van der Waals surface area contributed by atoms with Gasteiger partial charge in [0.1, 0.15) is 0 Å². The quantitative estimate of drug-likeness (QED) is 0.391. The third-order valence-corrected chi connectivity index (χ3v) is 2.81. The lowest BCUT2D eigenvalue weighted by molar-refractivity contribution is -0.445. The first-order valence-corrected chi connectivity index (χ1v) is 7.54. The fourth-order valence-electron chi connectivity index (χ4n) is 1.12. The van der Waals surface area contributed by atoms with Crippen LogP contribution in [0.3, 0.4) is 0 Å². The van der Waals surface area contributed by atoms with Gasteiger partial charge in [-0.25, -0.2) is 4.39 Å². The lowest BCUT2D eigenvalue weighted by atomic mass is 10.0. The van der Waals surface area contributed by atoms with Gasteiger partial charge < -0.3 is 14.6 Å². The lowest BCUT2D eigenvalue weighted by Crippen LogP contribution is -2.65. The van der Waals surface area contributed by atoms with Crippen molar-refractivity contribution in [2.75, 3.05) is 14.2 Å². The molecule has 34 heavy (non-hydrogen) atoms. The molecule has 0 aliphatic carbocycles. The number of hydrogen-bond acceptors (Lipinski definition) is 3. The summed E-state index contributed by atoms with van der Waals surface area (Å²) >= 11 is 0. The zero-order valence-corrected chi connectivity index (χ0v) is 16.6. The van der Waals surface area contributed by atoms with Crippen LogP contribution >= 0.6 is 0 Å². The molecular formula is C13H14F18O3. The highest BCUT2D eigenvalue weighted by Gasteiger charge is 2.85. The van der Waals surface area contributed by atoms with Gasteiger partial charge in [-0.05, 0) is 13.8 Å². The normalized spacial score (nSPS) is 14.8. The first kappa shape index (κ1) is 37.2. The number of alkyl halides is 18. The molecule has 21 heteroatoms. The molecule has 1 N–H and O–H groups in total. The highest BCUT2D eigenvalue weighted by molar-refractivity contribution is 5.01. The third-order valence-electron chi connectivity index (χ3n) is 2.81. The molecule has 0 aliphatic heterocycles. The van der Waals surface area contributed by atoms with Crippen molar-refractivity contribution in [1.29, 1.82) is 0 Å². The van der Waals surface area contributed by atoms with E-state index in [0.29, 0.717) is 0 Å². The molecule has 0 bridgehead atoms. The second kappa shape index (κ2) is 11.1. The van der Waals surface area contributed by atoms with Crippen LogP contribution in [0, 0.1) is 0 Å². The van der Waals surface area contributed by atoms with E-state index in [4.69, 9.17) is 5.11 Å². The van der Waals surface area contributed by atoms with Gasteiger partial charge in [-0.1, -0.05) is 0 Å². The fraction of sp³-hybridized carbons (Fsp3) is 1.00. The summed E-state index contributed by atoms with van der Waals surface area (Å²) in [5.41, 5.74) is -6.73. The number of ether oxygens (including phenoxy) is 2. The van der Waals surface area contributed by atoms with E-state index in [9.17, 15) is 79.0 Å². The molecule has 0 unspecified atom stereocenters. The summed E-state index contributed by atoms with van der Waals surface area (Å²) < 4.78 is 218. The molecule has 0 saturated carbocycles. The molecule has 0 aromatic rings. The summed E-state index contributed by atoms with van der Waals surface area (Å²) in [5.74, 6) is -13.6. The number of aliphatic hydroxyl groups is 1. The Hall–Kier alpha value is -1.38. The van der Waals surface area contributed by atoms with E-state index in [1.165, 1.54) is 0 Å². The monoisotopic (exact) mass is 560 g/mol. The van der Waals surface area contributed by atoms with Gasteiger partial charge in [-0.15, -0.1) is 0 Å². The Morgan fingerprint density at radius 2 is 0.706 bits per heavy atom. The molecule has 0 spiro atoms. The van der Waals surface area contributed by atoms with Crippen LogP contribution in [0.2, 0.25) is 0 Å². The van der Waals surface area contributed by atoms with Crippen molar-refractivity contribution in [3.63, 3.8) is 0 Å². The minimum absolute atomic E-state index is 0.125. The summed E-state index contributed by atoms with van der Waals surface area (Å²) in [6, 6.07) is 0. The molecule has 0 amide bonds. The molecule has 0 rings (SSSR count). The average Bonchev–Trinajstić information content (AvgIpc) is 2.57. The number of aliphatic hydroxyl groups excluding tert-OH is 1. The molecule has 0 aliphatic rings. The highest BCUT2D eigenvalue weighted by atomic mass is 19.4. The van der Waals surface area contributed by atoms with E-state index in [1.54, 1.807) is 13.8 Å². The minimum atomic E-state index is -6.89. The number of halogens is 18. The Morgan fingerprint density at radius 1 is 0.471 bits per heavy atom. The molecule has 3 nitrogen and oxygen atoms in total. The van der Waals surface area contributed by atoms with Crippen LogP contribution < -0.4 is 0 Å². The zero-order chi connectivity index (χ0) is 29.0. The maximum absolute atomic E-state index is 12.5. The molecule has 210 valence electrons. The van der Waals surface area contributed by atoms with Crippen LogP contribution in [0.5, 0.6) is 0 Å². The second-order valence-corrected chi connectivity index (χ2v) is 5.84. The SMILES string of the molecule is CC(C)O.COC(F)(F)C(F)(C(F)(F)F)C(F)(F)F.COC(F)(F)C(F)(F)C(F)(F)C(F)(F)F. The van der Waals surface area contributed by atoms with Gasteiger partial charge in [-0.3, -0.25) is 0 Å². The van der Waals surface area contributed by atoms with Crippen LogP contribution in [-0.4, -0.2) is 73.7 Å². The third kappa shape index (κ3) is 7.82. The smallest absolute Gasteiger partial charge is 0.394 e. The van der Waals surface area contributed by atoms with Gasteiger partial charge >= 0.3 is 48.3 Å². The Balaban J connectivity index is -0.000000488. The highest BCUT2D eigenvalue weighted by Crippen LogP contribution is 2.55. The standard InChI is InChI=1S/2C5H3F9O.C3H8O/c1-15-5(13,14)3(8,9)2(6,7)4(10,11)12;1-15-5(13,14)2(6,3(7,8)9)4(10,11)12;1-3(2)4/h2*1H3;3-4H,1-2H3. The van der Waals surface area contributed by atoms with E-state index in [1.807, 2.05) is 0 Å². The van der Waals surface area contributed by atoms with Gasteiger partial charge in [0.2, 0.25) is 0 Å². The Labute approximate surface area is 177 Å². The molecule has 0 aromatic carbocycles. The molecule has 0 fully saturated rings. The summed E-state index contributed by atoms with van der Waals surface area (Å²) in [6.45, 7) is 3.44. The second-order valence-electron chi connectivity index (χ2n) is 5.84. The zero-order valence-electron chi connectivity index (χ0n) is 16.6. The van der Waals surface area contributed by atoms with Crippen molar-refractivity contribution in [3.8, 4) is 0 Å². The predicted molar refractivity (Wildman–Crippen MR) is 73.2 cm³/mol. The molecule has 0 atom stereocenters. The molecule has 0 aromatic heterocycles. The maximum atomic E-state index is 12.5. The van der Waals surface area contributed by atoms with Crippen molar-refractivity contribution in [2.45, 2.75) is 68.2 Å². The van der Waals surface area contributed by atoms with Crippen molar-refractivity contribution in [2.24, 2.45) is 0 Å². The Morgan fingerprint density at radius 3 is 0.824 bits per heavy atom. The summed E-state index contributed by atoms with van der Waals surface area (Å²) in [6.07, 6.45) is -32.6. The van der Waals surface area contributed by atoms with E-state index >= 15 is 0 Å². The first-order chi connectivity index (χ1) is 14.4. The lowest BCUT2D eigenvalue weighted by Gasteiger charge is -2.34. The number of hydrogen-bond donors (Lipinski definition) is 1. The van der Waals surface area contributed by atoms with Crippen molar-refractivity contribution >= 4 is 0 Å². The summed E-state index contributed by atoms with van der Waals surface area (Å²) in [5, 5.41) is 8.06. The summed E-state index contributed by atoms with van der Waals surface area (Å²) in [7, 11) is -0.299. The van der Waals surface area contributed by atoms with Gasteiger partial charge in [0, 0.05) is 20.3 Å².